The van der Waals surface area contributed by atoms with Crippen molar-refractivity contribution in [1.29, 1.82) is 0 Å². The van der Waals surface area contributed by atoms with Gasteiger partial charge in [0.05, 0.1) is 0 Å². The summed E-state index contributed by atoms with van der Waals surface area (Å²) >= 11 is 0. The highest BCUT2D eigenvalue weighted by atomic mass is 16.4. The fourth-order valence-electron chi connectivity index (χ4n) is 1.70. The molecule has 0 amide bonds. The molecule has 1 saturated carbocycles. The van der Waals surface area contributed by atoms with Gasteiger partial charge < -0.3 is 5.11 Å². The highest BCUT2D eigenvalue weighted by Crippen LogP contribution is 2.41. The standard InChI is InChI=1S/C10H12N2O2/c1-10(4-2-5-10)9-11-6-3-7(12-9)8(13)14/h3,6H,2,4-5H2,1H3,(H,13,14). The highest BCUT2D eigenvalue weighted by molar-refractivity contribution is 5.85. The first kappa shape index (κ1) is 9.12. The summed E-state index contributed by atoms with van der Waals surface area (Å²) in [6.07, 6.45) is 4.80. The maximum Gasteiger partial charge on any atom is 0.354 e. The van der Waals surface area contributed by atoms with Crippen LogP contribution in [-0.2, 0) is 5.41 Å². The lowest BCUT2D eigenvalue weighted by atomic mass is 9.70. The maximum atomic E-state index is 10.7. The van der Waals surface area contributed by atoms with Crippen LogP contribution in [-0.4, -0.2) is 21.0 Å². The van der Waals surface area contributed by atoms with Gasteiger partial charge in [-0.05, 0) is 18.9 Å². The summed E-state index contributed by atoms with van der Waals surface area (Å²) in [6, 6.07) is 1.42. The summed E-state index contributed by atoms with van der Waals surface area (Å²) < 4.78 is 0. The number of carboxylic acid groups (broad SMARTS) is 1. The Kier molecular flexibility index (Phi) is 1.98. The van der Waals surface area contributed by atoms with Crippen molar-refractivity contribution >= 4 is 5.97 Å². The number of rotatable bonds is 2. The second-order valence-corrected chi connectivity index (χ2v) is 3.98. The summed E-state index contributed by atoms with van der Waals surface area (Å²) in [4.78, 5) is 18.9. The van der Waals surface area contributed by atoms with Crippen LogP contribution in [0.1, 0.15) is 42.5 Å². The molecule has 0 aromatic carbocycles. The van der Waals surface area contributed by atoms with Crippen molar-refractivity contribution in [2.75, 3.05) is 0 Å². The summed E-state index contributed by atoms with van der Waals surface area (Å²) in [7, 11) is 0. The van der Waals surface area contributed by atoms with Crippen molar-refractivity contribution in [3.8, 4) is 0 Å². The van der Waals surface area contributed by atoms with Crippen LogP contribution < -0.4 is 0 Å². The molecule has 1 N–H and O–H groups in total. The van der Waals surface area contributed by atoms with Crippen LogP contribution in [0.15, 0.2) is 12.3 Å². The minimum absolute atomic E-state index is 0.00542. The molecular weight excluding hydrogens is 180 g/mol. The first-order valence-electron chi connectivity index (χ1n) is 4.69. The molecule has 0 atom stereocenters. The van der Waals surface area contributed by atoms with Crippen molar-refractivity contribution in [2.24, 2.45) is 0 Å². The summed E-state index contributed by atoms with van der Waals surface area (Å²) in [5, 5.41) is 8.78. The fourth-order valence-corrected chi connectivity index (χ4v) is 1.70. The lowest BCUT2D eigenvalue weighted by molar-refractivity contribution is 0.0689. The summed E-state index contributed by atoms with van der Waals surface area (Å²) in [5.74, 6) is -0.319. The molecule has 0 bridgehead atoms. The molecule has 1 aliphatic carbocycles. The molecule has 0 radical (unpaired) electrons. The predicted molar refractivity (Wildman–Crippen MR) is 50.2 cm³/mol. The molecule has 14 heavy (non-hydrogen) atoms. The largest absolute Gasteiger partial charge is 0.477 e. The molecule has 1 aliphatic rings. The van der Waals surface area contributed by atoms with Crippen molar-refractivity contribution in [2.45, 2.75) is 31.6 Å². The van der Waals surface area contributed by atoms with Gasteiger partial charge in [-0.1, -0.05) is 13.3 Å². The zero-order valence-electron chi connectivity index (χ0n) is 8.03. The summed E-state index contributed by atoms with van der Waals surface area (Å²) in [5.41, 5.74) is 0.0916. The Labute approximate surface area is 82.0 Å². The van der Waals surface area contributed by atoms with E-state index in [1.54, 1.807) is 0 Å². The topological polar surface area (TPSA) is 63.1 Å². The van der Waals surface area contributed by atoms with E-state index in [1.165, 1.54) is 18.7 Å². The minimum atomic E-state index is -0.989. The average molecular weight is 192 g/mol. The van der Waals surface area contributed by atoms with Crippen molar-refractivity contribution in [1.82, 2.24) is 9.97 Å². The van der Waals surface area contributed by atoms with Crippen LogP contribution in [0.2, 0.25) is 0 Å². The Hall–Kier alpha value is -1.45. The first-order chi connectivity index (χ1) is 6.62. The SMILES string of the molecule is CC1(c2nccc(C(=O)O)n2)CCC1. The van der Waals surface area contributed by atoms with Gasteiger partial charge in [-0.25, -0.2) is 14.8 Å². The predicted octanol–water partition coefficient (Wildman–Crippen LogP) is 1.62. The lowest BCUT2D eigenvalue weighted by Crippen LogP contribution is -2.33. The Bertz CT molecular complexity index is 372. The number of aromatic carboxylic acids is 1. The van der Waals surface area contributed by atoms with Crippen LogP contribution in [0.3, 0.4) is 0 Å². The number of hydrogen-bond donors (Lipinski definition) is 1. The summed E-state index contributed by atoms with van der Waals surface area (Å²) in [6.45, 7) is 2.08. The molecule has 1 heterocycles. The Morgan fingerprint density at radius 1 is 1.57 bits per heavy atom. The second-order valence-electron chi connectivity index (χ2n) is 3.98. The average Bonchev–Trinajstić information content (AvgIpc) is 2.14. The molecule has 0 saturated heterocycles. The quantitative estimate of drug-likeness (QED) is 0.773. The normalized spacial score (nSPS) is 18.6. The molecule has 4 nitrogen and oxygen atoms in total. The maximum absolute atomic E-state index is 10.7. The van der Waals surface area contributed by atoms with Gasteiger partial charge in [-0.15, -0.1) is 0 Å². The van der Waals surface area contributed by atoms with E-state index >= 15 is 0 Å². The Balaban J connectivity index is 2.35. The van der Waals surface area contributed by atoms with Crippen molar-refractivity contribution < 1.29 is 9.90 Å². The van der Waals surface area contributed by atoms with Gasteiger partial charge in [-0.3, -0.25) is 0 Å². The molecular formula is C10H12N2O2. The Morgan fingerprint density at radius 3 is 2.79 bits per heavy atom. The van der Waals surface area contributed by atoms with E-state index < -0.39 is 5.97 Å². The van der Waals surface area contributed by atoms with Crippen molar-refractivity contribution in [3.63, 3.8) is 0 Å². The van der Waals surface area contributed by atoms with E-state index in [0.717, 1.165) is 12.8 Å². The third-order valence-electron chi connectivity index (χ3n) is 2.87. The Morgan fingerprint density at radius 2 is 2.29 bits per heavy atom. The zero-order chi connectivity index (χ0) is 10.2. The number of carboxylic acids is 1. The highest BCUT2D eigenvalue weighted by Gasteiger charge is 2.36. The van der Waals surface area contributed by atoms with Crippen LogP contribution in [0.5, 0.6) is 0 Å². The number of aromatic nitrogens is 2. The van der Waals surface area contributed by atoms with Gasteiger partial charge in [0.15, 0.2) is 5.69 Å². The van der Waals surface area contributed by atoms with Gasteiger partial charge in [0.2, 0.25) is 0 Å². The van der Waals surface area contributed by atoms with Gasteiger partial charge in [0.1, 0.15) is 5.82 Å². The zero-order valence-corrected chi connectivity index (χ0v) is 8.03. The minimum Gasteiger partial charge on any atom is -0.477 e. The second kappa shape index (κ2) is 3.04. The third-order valence-corrected chi connectivity index (χ3v) is 2.87. The number of nitrogens with zero attached hydrogens (tertiary/aromatic N) is 2. The van der Waals surface area contributed by atoms with Crippen LogP contribution in [0.4, 0.5) is 0 Å². The van der Waals surface area contributed by atoms with E-state index in [9.17, 15) is 4.79 Å². The molecule has 0 aliphatic heterocycles. The number of carbonyl (C=O) groups is 1. The third kappa shape index (κ3) is 1.36. The van der Waals surface area contributed by atoms with Crippen molar-refractivity contribution in [3.05, 3.63) is 23.8 Å². The molecule has 2 rings (SSSR count). The molecule has 0 unspecified atom stereocenters. The van der Waals surface area contributed by atoms with Gasteiger partial charge in [-0.2, -0.15) is 0 Å². The smallest absolute Gasteiger partial charge is 0.354 e. The molecule has 74 valence electrons. The first-order valence-corrected chi connectivity index (χ1v) is 4.69. The fraction of sp³-hybridized carbons (Fsp3) is 0.500. The van der Waals surface area contributed by atoms with Crippen LogP contribution >= 0.6 is 0 Å². The lowest BCUT2D eigenvalue weighted by Gasteiger charge is -2.36. The molecule has 1 aromatic rings. The molecule has 0 spiro atoms. The van der Waals surface area contributed by atoms with E-state index in [0.29, 0.717) is 5.82 Å². The van der Waals surface area contributed by atoms with Gasteiger partial charge >= 0.3 is 5.97 Å². The van der Waals surface area contributed by atoms with Gasteiger partial charge in [0, 0.05) is 11.6 Å². The molecule has 1 fully saturated rings. The molecule has 4 heteroatoms. The van der Waals surface area contributed by atoms with Crippen LogP contribution in [0.25, 0.3) is 0 Å². The van der Waals surface area contributed by atoms with E-state index in [-0.39, 0.29) is 11.1 Å². The monoisotopic (exact) mass is 192 g/mol. The van der Waals surface area contributed by atoms with Crippen LogP contribution in [0, 0.1) is 0 Å². The van der Waals surface area contributed by atoms with E-state index in [1.807, 2.05) is 0 Å². The number of hydrogen-bond acceptors (Lipinski definition) is 3. The van der Waals surface area contributed by atoms with E-state index in [4.69, 9.17) is 5.11 Å². The van der Waals surface area contributed by atoms with E-state index in [2.05, 4.69) is 16.9 Å². The molecule has 1 aromatic heterocycles. The van der Waals surface area contributed by atoms with Gasteiger partial charge in [0.25, 0.3) is 0 Å².